The number of amides is 1. The van der Waals surface area contributed by atoms with Crippen molar-refractivity contribution in [3.63, 3.8) is 0 Å². The smallest absolute Gasteiger partial charge is 0.227 e. The maximum atomic E-state index is 13.5. The quantitative estimate of drug-likeness (QED) is 0.934. The number of benzene rings is 1. The van der Waals surface area contributed by atoms with Crippen molar-refractivity contribution < 1.29 is 13.9 Å². The zero-order valence-corrected chi connectivity index (χ0v) is 13.9. The number of aryl methyl sites for hydroxylation is 1. The highest BCUT2D eigenvalue weighted by Gasteiger charge is 2.31. The molecule has 0 spiro atoms. The van der Waals surface area contributed by atoms with Crippen molar-refractivity contribution in [2.24, 2.45) is 0 Å². The average Bonchev–Trinajstić information content (AvgIpc) is 3.01. The SMILES string of the molecule is COc1ccc(F)cc1CC(=O)N1CCCCC1c1n[nH]c(C)n1. The number of likely N-dealkylation sites (tertiary alicyclic amines) is 1. The molecule has 0 aliphatic carbocycles. The summed E-state index contributed by atoms with van der Waals surface area (Å²) in [5.41, 5.74) is 0.554. The first-order valence-electron chi connectivity index (χ1n) is 8.09. The molecule has 24 heavy (non-hydrogen) atoms. The number of hydrogen-bond acceptors (Lipinski definition) is 4. The van der Waals surface area contributed by atoms with E-state index in [1.54, 1.807) is 11.0 Å². The summed E-state index contributed by atoms with van der Waals surface area (Å²) < 4.78 is 18.8. The van der Waals surface area contributed by atoms with Gasteiger partial charge in [0.15, 0.2) is 5.82 Å². The lowest BCUT2D eigenvalue weighted by molar-refractivity contribution is -0.134. The number of ether oxygens (including phenoxy) is 1. The van der Waals surface area contributed by atoms with Gasteiger partial charge in [-0.1, -0.05) is 0 Å². The molecular weight excluding hydrogens is 311 g/mol. The molecule has 1 amide bonds. The molecule has 7 heteroatoms. The van der Waals surface area contributed by atoms with Crippen LogP contribution in [-0.2, 0) is 11.2 Å². The minimum absolute atomic E-state index is 0.0638. The molecule has 1 atom stereocenters. The van der Waals surface area contributed by atoms with Crippen molar-refractivity contribution in [3.05, 3.63) is 41.2 Å². The van der Waals surface area contributed by atoms with E-state index in [1.165, 1.54) is 19.2 Å². The van der Waals surface area contributed by atoms with Crippen molar-refractivity contribution in [1.29, 1.82) is 0 Å². The molecular formula is C17H21FN4O2. The Kier molecular flexibility index (Phi) is 4.78. The number of carbonyl (C=O) groups is 1. The van der Waals surface area contributed by atoms with Gasteiger partial charge >= 0.3 is 0 Å². The van der Waals surface area contributed by atoms with Gasteiger partial charge in [-0.05, 0) is 44.4 Å². The summed E-state index contributed by atoms with van der Waals surface area (Å²) in [5.74, 6) is 1.46. The molecule has 0 bridgehead atoms. The molecule has 1 N–H and O–H groups in total. The molecule has 2 aromatic rings. The van der Waals surface area contributed by atoms with Crippen LogP contribution in [0.25, 0.3) is 0 Å². The Labute approximate surface area is 140 Å². The van der Waals surface area contributed by atoms with E-state index in [1.807, 2.05) is 6.92 Å². The fourth-order valence-electron chi connectivity index (χ4n) is 3.16. The van der Waals surface area contributed by atoms with Gasteiger partial charge in [0.1, 0.15) is 17.4 Å². The Hall–Kier alpha value is -2.44. The fraction of sp³-hybridized carbons (Fsp3) is 0.471. The number of aromatic nitrogens is 3. The molecule has 1 aliphatic heterocycles. The van der Waals surface area contributed by atoms with Gasteiger partial charge in [-0.15, -0.1) is 0 Å². The molecule has 1 fully saturated rings. The zero-order valence-electron chi connectivity index (χ0n) is 13.9. The van der Waals surface area contributed by atoms with E-state index in [2.05, 4.69) is 15.2 Å². The maximum Gasteiger partial charge on any atom is 0.227 e. The van der Waals surface area contributed by atoms with Crippen LogP contribution in [0.2, 0.25) is 0 Å². The second kappa shape index (κ2) is 6.98. The normalized spacial score (nSPS) is 17.8. The lowest BCUT2D eigenvalue weighted by atomic mass is 10.00. The van der Waals surface area contributed by atoms with Crippen molar-refractivity contribution >= 4 is 5.91 Å². The molecule has 0 radical (unpaired) electrons. The van der Waals surface area contributed by atoms with Gasteiger partial charge in [0, 0.05) is 12.1 Å². The van der Waals surface area contributed by atoms with Gasteiger partial charge in [0.2, 0.25) is 5.91 Å². The minimum atomic E-state index is -0.376. The molecule has 3 rings (SSSR count). The number of halogens is 1. The van der Waals surface area contributed by atoms with Crippen molar-refractivity contribution in [1.82, 2.24) is 20.1 Å². The first-order chi connectivity index (χ1) is 11.6. The summed E-state index contributed by atoms with van der Waals surface area (Å²) in [7, 11) is 1.52. The van der Waals surface area contributed by atoms with Crippen molar-refractivity contribution in [3.8, 4) is 5.75 Å². The molecule has 6 nitrogen and oxygen atoms in total. The first kappa shape index (κ1) is 16.4. The van der Waals surface area contributed by atoms with Crippen molar-refractivity contribution in [2.45, 2.75) is 38.6 Å². The lowest BCUT2D eigenvalue weighted by Crippen LogP contribution is -2.40. The van der Waals surface area contributed by atoms with Gasteiger partial charge < -0.3 is 9.64 Å². The summed E-state index contributed by atoms with van der Waals surface area (Å²) in [6.07, 6.45) is 2.92. The van der Waals surface area contributed by atoms with E-state index in [0.717, 1.165) is 25.1 Å². The van der Waals surface area contributed by atoms with Crippen LogP contribution in [0.15, 0.2) is 18.2 Å². The molecule has 1 aliphatic rings. The molecule has 1 unspecified atom stereocenters. The van der Waals surface area contributed by atoms with Crippen LogP contribution in [0.3, 0.4) is 0 Å². The Morgan fingerprint density at radius 1 is 1.46 bits per heavy atom. The number of H-pyrrole nitrogens is 1. The highest BCUT2D eigenvalue weighted by Crippen LogP contribution is 2.30. The van der Waals surface area contributed by atoms with E-state index >= 15 is 0 Å². The number of carbonyl (C=O) groups excluding carboxylic acids is 1. The van der Waals surface area contributed by atoms with E-state index in [-0.39, 0.29) is 24.2 Å². The van der Waals surface area contributed by atoms with Crippen LogP contribution in [0.1, 0.15) is 42.5 Å². The molecule has 2 heterocycles. The number of nitrogens with zero attached hydrogens (tertiary/aromatic N) is 3. The van der Waals surface area contributed by atoms with Crippen molar-refractivity contribution in [2.75, 3.05) is 13.7 Å². The van der Waals surface area contributed by atoms with Crippen LogP contribution in [-0.4, -0.2) is 39.6 Å². The fourth-order valence-corrected chi connectivity index (χ4v) is 3.16. The third-order valence-electron chi connectivity index (χ3n) is 4.32. The largest absolute Gasteiger partial charge is 0.496 e. The third-order valence-corrected chi connectivity index (χ3v) is 4.32. The summed E-state index contributed by atoms with van der Waals surface area (Å²) in [5, 5.41) is 7.04. The molecule has 128 valence electrons. The number of piperidine rings is 1. The number of hydrogen-bond donors (Lipinski definition) is 1. The monoisotopic (exact) mass is 332 g/mol. The minimum Gasteiger partial charge on any atom is -0.496 e. The summed E-state index contributed by atoms with van der Waals surface area (Å²) >= 11 is 0. The predicted octanol–water partition coefficient (Wildman–Crippen LogP) is 2.56. The summed E-state index contributed by atoms with van der Waals surface area (Å²) in [4.78, 5) is 19.0. The Morgan fingerprint density at radius 3 is 3.00 bits per heavy atom. The third kappa shape index (κ3) is 3.39. The van der Waals surface area contributed by atoms with E-state index in [4.69, 9.17) is 4.74 Å². The van der Waals surface area contributed by atoms with E-state index < -0.39 is 0 Å². The summed E-state index contributed by atoms with van der Waals surface area (Å²) in [6.45, 7) is 2.50. The number of nitrogens with one attached hydrogen (secondary N) is 1. The van der Waals surface area contributed by atoms with Crippen LogP contribution in [0.5, 0.6) is 5.75 Å². The number of aromatic amines is 1. The maximum absolute atomic E-state index is 13.5. The van der Waals surface area contributed by atoms with Gasteiger partial charge in [0.05, 0.1) is 19.6 Å². The Morgan fingerprint density at radius 2 is 2.29 bits per heavy atom. The number of methoxy groups -OCH3 is 1. The Balaban J connectivity index is 1.81. The van der Waals surface area contributed by atoms with Crippen LogP contribution < -0.4 is 4.74 Å². The first-order valence-corrected chi connectivity index (χ1v) is 8.09. The average molecular weight is 332 g/mol. The van der Waals surface area contributed by atoms with Gasteiger partial charge in [-0.2, -0.15) is 5.10 Å². The molecule has 1 aromatic heterocycles. The van der Waals surface area contributed by atoms with Crippen LogP contribution in [0.4, 0.5) is 4.39 Å². The number of rotatable bonds is 4. The molecule has 1 aromatic carbocycles. The van der Waals surface area contributed by atoms with E-state index in [9.17, 15) is 9.18 Å². The Bertz CT molecular complexity index is 731. The topological polar surface area (TPSA) is 71.1 Å². The summed E-state index contributed by atoms with van der Waals surface area (Å²) in [6, 6.07) is 4.10. The van der Waals surface area contributed by atoms with Crippen LogP contribution in [0, 0.1) is 12.7 Å². The zero-order chi connectivity index (χ0) is 17.1. The highest BCUT2D eigenvalue weighted by atomic mass is 19.1. The van der Waals surface area contributed by atoms with Gasteiger partial charge in [-0.25, -0.2) is 9.37 Å². The standard InChI is InChI=1S/C17H21FN4O2/c1-11-19-17(21-20-11)14-5-3-4-8-22(14)16(23)10-12-9-13(18)6-7-15(12)24-2/h6-7,9,14H,3-5,8,10H2,1-2H3,(H,19,20,21). The second-order valence-electron chi connectivity index (χ2n) is 6.01. The molecule has 1 saturated heterocycles. The highest BCUT2D eigenvalue weighted by molar-refractivity contribution is 5.80. The molecule has 0 saturated carbocycles. The van der Waals surface area contributed by atoms with Crippen LogP contribution >= 0.6 is 0 Å². The van der Waals surface area contributed by atoms with Gasteiger partial charge in [-0.3, -0.25) is 9.89 Å². The lowest BCUT2D eigenvalue weighted by Gasteiger charge is -2.34. The second-order valence-corrected chi connectivity index (χ2v) is 6.01. The van der Waals surface area contributed by atoms with Gasteiger partial charge in [0.25, 0.3) is 0 Å². The van der Waals surface area contributed by atoms with E-state index in [0.29, 0.717) is 23.7 Å². The predicted molar refractivity (Wildman–Crippen MR) is 86.1 cm³/mol.